The van der Waals surface area contributed by atoms with Crippen LogP contribution < -0.4 is 5.32 Å². The third-order valence-corrected chi connectivity index (χ3v) is 5.27. The van der Waals surface area contributed by atoms with Crippen LogP contribution in [0.2, 0.25) is 0 Å². The quantitative estimate of drug-likeness (QED) is 0.823. The molecule has 1 N–H and O–H groups in total. The number of hydrogen-bond donors (Lipinski definition) is 1. The van der Waals surface area contributed by atoms with E-state index in [9.17, 15) is 14.4 Å². The van der Waals surface area contributed by atoms with Crippen molar-refractivity contribution in [3.63, 3.8) is 0 Å². The molecular weight excluding hydrogens is 350 g/mol. The number of likely N-dealkylation sites (tertiary alicyclic amines) is 2. The first-order valence-electron chi connectivity index (χ1n) is 9.48. The van der Waals surface area contributed by atoms with Gasteiger partial charge in [0.2, 0.25) is 11.8 Å². The van der Waals surface area contributed by atoms with Crippen molar-refractivity contribution in [1.82, 2.24) is 15.1 Å². The van der Waals surface area contributed by atoms with Gasteiger partial charge in [-0.3, -0.25) is 14.4 Å². The second-order valence-corrected chi connectivity index (χ2v) is 7.16. The maximum absolute atomic E-state index is 12.6. The second-order valence-electron chi connectivity index (χ2n) is 7.16. The molecule has 8 nitrogen and oxygen atoms in total. The van der Waals surface area contributed by atoms with Crippen LogP contribution in [0, 0.1) is 5.92 Å². The summed E-state index contributed by atoms with van der Waals surface area (Å²) in [4.78, 5) is 40.4. The van der Waals surface area contributed by atoms with Gasteiger partial charge in [0.05, 0.1) is 6.26 Å². The van der Waals surface area contributed by atoms with E-state index in [1.54, 1.807) is 21.9 Å². The second kappa shape index (κ2) is 9.03. The molecule has 0 spiro atoms. The zero-order valence-corrected chi connectivity index (χ0v) is 15.7. The molecule has 0 aromatic carbocycles. The summed E-state index contributed by atoms with van der Waals surface area (Å²) in [6.07, 6.45) is 4.51. The van der Waals surface area contributed by atoms with Gasteiger partial charge < -0.3 is 24.3 Å². The van der Waals surface area contributed by atoms with E-state index in [0.29, 0.717) is 44.8 Å². The number of nitrogens with zero attached hydrogens (tertiary/aromatic N) is 2. The average molecular weight is 377 g/mol. The monoisotopic (exact) mass is 377 g/mol. The third-order valence-electron chi connectivity index (χ3n) is 5.27. The molecular formula is C19H27N3O5. The molecule has 1 aromatic heterocycles. The van der Waals surface area contributed by atoms with Gasteiger partial charge >= 0.3 is 0 Å². The summed E-state index contributed by atoms with van der Waals surface area (Å²) in [6, 6.07) is 3.31. The molecule has 1 aromatic rings. The van der Waals surface area contributed by atoms with Crippen molar-refractivity contribution < 1.29 is 23.5 Å². The van der Waals surface area contributed by atoms with Gasteiger partial charge in [0.25, 0.3) is 5.91 Å². The fraction of sp³-hybridized carbons (Fsp3) is 0.632. The molecule has 2 aliphatic heterocycles. The summed E-state index contributed by atoms with van der Waals surface area (Å²) in [5.41, 5.74) is 0. The molecule has 3 rings (SSSR count). The summed E-state index contributed by atoms with van der Waals surface area (Å²) >= 11 is 0. The average Bonchev–Trinajstić information content (AvgIpc) is 3.22. The number of methoxy groups -OCH3 is 1. The Bertz CT molecular complexity index is 652. The van der Waals surface area contributed by atoms with Crippen LogP contribution in [0.25, 0.3) is 0 Å². The lowest BCUT2D eigenvalue weighted by molar-refractivity contribution is -0.139. The summed E-state index contributed by atoms with van der Waals surface area (Å²) < 4.78 is 10.1. The van der Waals surface area contributed by atoms with E-state index >= 15 is 0 Å². The van der Waals surface area contributed by atoms with Crippen LogP contribution in [0.15, 0.2) is 22.8 Å². The number of ether oxygens (including phenoxy) is 1. The third kappa shape index (κ3) is 4.88. The fourth-order valence-corrected chi connectivity index (χ4v) is 3.76. The minimum atomic E-state index is -0.135. The Labute approximate surface area is 158 Å². The molecule has 8 heteroatoms. The van der Waals surface area contributed by atoms with Gasteiger partial charge in [-0.05, 0) is 37.8 Å². The molecule has 2 saturated heterocycles. The van der Waals surface area contributed by atoms with Crippen LogP contribution in [0.4, 0.5) is 0 Å². The number of rotatable bonds is 5. The van der Waals surface area contributed by atoms with Crippen LogP contribution in [-0.4, -0.2) is 73.5 Å². The van der Waals surface area contributed by atoms with E-state index in [1.165, 1.54) is 13.4 Å². The Balaban J connectivity index is 1.47. The van der Waals surface area contributed by atoms with Crippen molar-refractivity contribution in [2.24, 2.45) is 5.92 Å². The van der Waals surface area contributed by atoms with Crippen LogP contribution in [0.3, 0.4) is 0 Å². The van der Waals surface area contributed by atoms with E-state index in [0.717, 1.165) is 12.8 Å². The maximum atomic E-state index is 12.6. The predicted octanol–water partition coefficient (Wildman–Crippen LogP) is 0.885. The maximum Gasteiger partial charge on any atom is 0.289 e. The van der Waals surface area contributed by atoms with Gasteiger partial charge in [-0.25, -0.2) is 0 Å². The first-order chi connectivity index (χ1) is 13.1. The highest BCUT2D eigenvalue weighted by Gasteiger charge is 2.31. The molecule has 0 radical (unpaired) electrons. The lowest BCUT2D eigenvalue weighted by Crippen LogP contribution is -2.52. The number of piperidine rings is 2. The van der Waals surface area contributed by atoms with Gasteiger partial charge in [0, 0.05) is 45.2 Å². The SMILES string of the molecule is COCC(=O)N1CCC(C(=O)N[C@@H]2CCCN(C(=O)c3ccco3)C2)CC1. The van der Waals surface area contributed by atoms with Gasteiger partial charge in [0.15, 0.2) is 5.76 Å². The first-order valence-corrected chi connectivity index (χ1v) is 9.48. The summed E-state index contributed by atoms with van der Waals surface area (Å²) in [5, 5.41) is 3.10. The summed E-state index contributed by atoms with van der Waals surface area (Å²) in [6.45, 7) is 2.41. The first kappa shape index (κ1) is 19.4. The van der Waals surface area contributed by atoms with Crippen LogP contribution in [0.5, 0.6) is 0 Å². The Kier molecular flexibility index (Phi) is 6.49. The minimum absolute atomic E-state index is 0.0196. The van der Waals surface area contributed by atoms with E-state index in [-0.39, 0.29) is 36.3 Å². The number of furan rings is 1. The molecule has 0 saturated carbocycles. The van der Waals surface area contributed by atoms with Crippen molar-refractivity contribution >= 4 is 17.7 Å². The van der Waals surface area contributed by atoms with E-state index in [2.05, 4.69) is 5.32 Å². The number of carbonyl (C=O) groups is 3. The lowest BCUT2D eigenvalue weighted by Gasteiger charge is -2.35. The normalized spacial score (nSPS) is 21.1. The van der Waals surface area contributed by atoms with E-state index in [4.69, 9.17) is 9.15 Å². The number of nitrogens with one attached hydrogen (secondary N) is 1. The van der Waals surface area contributed by atoms with E-state index in [1.807, 2.05) is 0 Å². The smallest absolute Gasteiger partial charge is 0.289 e. The molecule has 3 amide bonds. The van der Waals surface area contributed by atoms with Gasteiger partial charge in [0.1, 0.15) is 6.61 Å². The van der Waals surface area contributed by atoms with Crippen LogP contribution >= 0.6 is 0 Å². The Morgan fingerprint density at radius 1 is 1.19 bits per heavy atom. The minimum Gasteiger partial charge on any atom is -0.459 e. The van der Waals surface area contributed by atoms with Gasteiger partial charge in [-0.1, -0.05) is 0 Å². The highest BCUT2D eigenvalue weighted by atomic mass is 16.5. The van der Waals surface area contributed by atoms with Crippen LogP contribution in [0.1, 0.15) is 36.2 Å². The lowest BCUT2D eigenvalue weighted by atomic mass is 9.94. The zero-order chi connectivity index (χ0) is 19.2. The molecule has 27 heavy (non-hydrogen) atoms. The molecule has 1 atom stereocenters. The fourth-order valence-electron chi connectivity index (χ4n) is 3.76. The molecule has 0 unspecified atom stereocenters. The topological polar surface area (TPSA) is 92.1 Å². The van der Waals surface area contributed by atoms with Gasteiger partial charge in [-0.15, -0.1) is 0 Å². The molecule has 148 valence electrons. The Morgan fingerprint density at radius 2 is 1.96 bits per heavy atom. The van der Waals surface area contributed by atoms with E-state index < -0.39 is 0 Å². The molecule has 3 heterocycles. The molecule has 0 aliphatic carbocycles. The molecule has 2 fully saturated rings. The number of carbonyl (C=O) groups excluding carboxylic acids is 3. The molecule has 2 aliphatic rings. The van der Waals surface area contributed by atoms with Crippen molar-refractivity contribution in [3.05, 3.63) is 24.2 Å². The summed E-state index contributed by atoms with van der Waals surface area (Å²) in [7, 11) is 1.50. The highest BCUT2D eigenvalue weighted by molar-refractivity contribution is 5.91. The van der Waals surface area contributed by atoms with Crippen molar-refractivity contribution in [2.75, 3.05) is 39.9 Å². The highest BCUT2D eigenvalue weighted by Crippen LogP contribution is 2.19. The predicted molar refractivity (Wildman–Crippen MR) is 97.0 cm³/mol. The van der Waals surface area contributed by atoms with Crippen molar-refractivity contribution in [2.45, 2.75) is 31.7 Å². The Morgan fingerprint density at radius 3 is 2.63 bits per heavy atom. The van der Waals surface area contributed by atoms with Crippen molar-refractivity contribution in [3.8, 4) is 0 Å². The zero-order valence-electron chi connectivity index (χ0n) is 15.7. The number of amides is 3. The number of hydrogen-bond acceptors (Lipinski definition) is 5. The van der Waals surface area contributed by atoms with Crippen molar-refractivity contribution in [1.29, 1.82) is 0 Å². The largest absolute Gasteiger partial charge is 0.459 e. The summed E-state index contributed by atoms with van der Waals surface area (Å²) in [5.74, 6) is 0.0913. The molecule has 0 bridgehead atoms. The van der Waals surface area contributed by atoms with Gasteiger partial charge in [-0.2, -0.15) is 0 Å². The Hall–Kier alpha value is -2.35. The standard InChI is InChI=1S/C19H27N3O5/c1-26-13-17(23)21-9-6-14(7-10-21)18(24)20-15-4-2-8-22(12-15)19(25)16-5-3-11-27-16/h3,5,11,14-15H,2,4,6-10,12-13H2,1H3,(H,20,24)/t15-/m1/s1. The van der Waals surface area contributed by atoms with Crippen LogP contribution in [-0.2, 0) is 14.3 Å².